The number of hydrogen-bond acceptors (Lipinski definition) is 1. The molecule has 1 saturated carbocycles. The molecule has 0 aliphatic heterocycles. The molecule has 0 aromatic heterocycles. The van der Waals surface area contributed by atoms with Gasteiger partial charge in [0.1, 0.15) is 0 Å². The largest absolute Gasteiger partial charge is 0.481 e. The van der Waals surface area contributed by atoms with Gasteiger partial charge in [-0.2, -0.15) is 0 Å². The molecule has 0 unspecified atom stereocenters. The molecule has 2 rings (SSSR count). The lowest BCUT2D eigenvalue weighted by molar-refractivity contribution is -0.139. The summed E-state index contributed by atoms with van der Waals surface area (Å²) < 4.78 is 0. The molecule has 1 N–H and O–H groups in total. The first-order valence-electron chi connectivity index (χ1n) is 4.57. The van der Waals surface area contributed by atoms with E-state index in [1.165, 1.54) is 0 Å². The van der Waals surface area contributed by atoms with Crippen molar-refractivity contribution in [3.8, 4) is 0 Å². The van der Waals surface area contributed by atoms with E-state index in [0.717, 1.165) is 18.4 Å². The monoisotopic (exact) mass is 176 g/mol. The van der Waals surface area contributed by atoms with Crippen LogP contribution in [-0.2, 0) is 4.79 Å². The minimum Gasteiger partial charge on any atom is -0.481 e. The van der Waals surface area contributed by atoms with Crippen LogP contribution < -0.4 is 0 Å². The quantitative estimate of drug-likeness (QED) is 0.767. The van der Waals surface area contributed by atoms with Crippen LogP contribution in [0.1, 0.15) is 24.3 Å². The highest BCUT2D eigenvalue weighted by Gasteiger charge is 2.36. The van der Waals surface area contributed by atoms with E-state index < -0.39 is 5.97 Å². The number of rotatable bonds is 3. The summed E-state index contributed by atoms with van der Waals surface area (Å²) in [6, 6.07) is 9.50. The first kappa shape index (κ1) is 8.30. The Morgan fingerprint density at radius 2 is 1.92 bits per heavy atom. The van der Waals surface area contributed by atoms with E-state index in [0.29, 0.717) is 5.92 Å². The third-order valence-electron chi connectivity index (χ3n) is 2.52. The Morgan fingerprint density at radius 1 is 1.31 bits per heavy atom. The number of benzene rings is 1. The summed E-state index contributed by atoms with van der Waals surface area (Å²) in [5.74, 6) is -0.588. The van der Waals surface area contributed by atoms with Crippen molar-refractivity contribution in [3.63, 3.8) is 0 Å². The molecule has 0 bridgehead atoms. The van der Waals surface area contributed by atoms with Crippen LogP contribution in [-0.4, -0.2) is 11.1 Å². The van der Waals surface area contributed by atoms with Crippen molar-refractivity contribution in [2.24, 2.45) is 5.92 Å². The summed E-state index contributed by atoms with van der Waals surface area (Å²) >= 11 is 0. The van der Waals surface area contributed by atoms with Crippen LogP contribution in [0, 0.1) is 5.92 Å². The van der Waals surface area contributed by atoms with Gasteiger partial charge in [-0.25, -0.2) is 0 Å². The van der Waals surface area contributed by atoms with Gasteiger partial charge in [0.25, 0.3) is 0 Å². The van der Waals surface area contributed by atoms with Crippen LogP contribution in [0.3, 0.4) is 0 Å². The van der Waals surface area contributed by atoms with Crippen LogP contribution in [0.15, 0.2) is 30.3 Å². The summed E-state index contributed by atoms with van der Waals surface area (Å²) in [5.41, 5.74) is 0.942. The summed E-state index contributed by atoms with van der Waals surface area (Å²) in [6.07, 6.45) is 2.12. The third-order valence-corrected chi connectivity index (χ3v) is 2.52. The first-order valence-corrected chi connectivity index (χ1v) is 4.57. The summed E-state index contributed by atoms with van der Waals surface area (Å²) in [6.45, 7) is 0. The maximum absolute atomic E-state index is 11.0. The second-order valence-corrected chi connectivity index (χ2v) is 3.56. The molecule has 0 saturated heterocycles. The number of aliphatic carboxylic acids is 1. The maximum Gasteiger partial charge on any atom is 0.311 e. The van der Waals surface area contributed by atoms with Crippen molar-refractivity contribution in [3.05, 3.63) is 35.9 Å². The maximum atomic E-state index is 11.0. The Hall–Kier alpha value is -1.31. The van der Waals surface area contributed by atoms with Crippen LogP contribution >= 0.6 is 0 Å². The fourth-order valence-corrected chi connectivity index (χ4v) is 1.71. The lowest BCUT2D eigenvalue weighted by Gasteiger charge is -2.10. The van der Waals surface area contributed by atoms with E-state index in [2.05, 4.69) is 0 Å². The lowest BCUT2D eigenvalue weighted by Crippen LogP contribution is -2.13. The molecule has 1 aliphatic carbocycles. The highest BCUT2D eigenvalue weighted by atomic mass is 16.4. The third kappa shape index (κ3) is 1.72. The Morgan fingerprint density at radius 3 is 2.38 bits per heavy atom. The van der Waals surface area contributed by atoms with E-state index in [-0.39, 0.29) is 5.92 Å². The molecule has 68 valence electrons. The first-order chi connectivity index (χ1) is 6.29. The van der Waals surface area contributed by atoms with Crippen molar-refractivity contribution in [1.82, 2.24) is 0 Å². The van der Waals surface area contributed by atoms with Crippen LogP contribution in [0.25, 0.3) is 0 Å². The fraction of sp³-hybridized carbons (Fsp3) is 0.364. The Labute approximate surface area is 77.2 Å². The van der Waals surface area contributed by atoms with Gasteiger partial charge >= 0.3 is 5.97 Å². The highest BCUT2D eigenvalue weighted by molar-refractivity contribution is 5.76. The average molecular weight is 176 g/mol. The zero-order valence-corrected chi connectivity index (χ0v) is 7.31. The standard InChI is InChI=1S/C11H12O2/c12-11(13)10(9-6-7-9)8-4-2-1-3-5-8/h1-5,9-10H,6-7H2,(H,12,13)/t10-/m0/s1. The number of carbonyl (C=O) groups is 1. The van der Waals surface area contributed by atoms with E-state index >= 15 is 0 Å². The molecule has 1 atom stereocenters. The molecule has 13 heavy (non-hydrogen) atoms. The molecule has 0 amide bonds. The van der Waals surface area contributed by atoms with Gasteiger partial charge in [0.2, 0.25) is 0 Å². The predicted octanol–water partition coefficient (Wildman–Crippen LogP) is 2.26. The van der Waals surface area contributed by atoms with Gasteiger partial charge in [0, 0.05) is 0 Å². The molecule has 2 nitrogen and oxygen atoms in total. The topological polar surface area (TPSA) is 37.3 Å². The molecule has 1 aliphatic rings. The van der Waals surface area contributed by atoms with Gasteiger partial charge in [-0.15, -0.1) is 0 Å². The minimum atomic E-state index is -0.686. The number of hydrogen-bond donors (Lipinski definition) is 1. The molecule has 0 spiro atoms. The van der Waals surface area contributed by atoms with Crippen LogP contribution in [0.4, 0.5) is 0 Å². The summed E-state index contributed by atoms with van der Waals surface area (Å²) in [7, 11) is 0. The predicted molar refractivity (Wildman–Crippen MR) is 49.5 cm³/mol. The molecule has 2 heteroatoms. The fourth-order valence-electron chi connectivity index (χ4n) is 1.71. The molecular weight excluding hydrogens is 164 g/mol. The Bertz CT molecular complexity index is 301. The Balaban J connectivity index is 2.25. The second kappa shape index (κ2) is 3.21. The molecular formula is C11H12O2. The molecule has 0 heterocycles. The van der Waals surface area contributed by atoms with Crippen molar-refractivity contribution in [2.45, 2.75) is 18.8 Å². The summed E-state index contributed by atoms with van der Waals surface area (Å²) in [4.78, 5) is 11.0. The lowest BCUT2D eigenvalue weighted by atomic mass is 9.94. The highest BCUT2D eigenvalue weighted by Crippen LogP contribution is 2.42. The molecule has 1 aromatic carbocycles. The minimum absolute atomic E-state index is 0.277. The van der Waals surface area contributed by atoms with Crippen LogP contribution in [0.5, 0.6) is 0 Å². The number of carboxylic acid groups (broad SMARTS) is 1. The van der Waals surface area contributed by atoms with Crippen LogP contribution in [0.2, 0.25) is 0 Å². The average Bonchev–Trinajstić information content (AvgIpc) is 2.90. The smallest absolute Gasteiger partial charge is 0.311 e. The van der Waals surface area contributed by atoms with Crippen molar-refractivity contribution in [2.75, 3.05) is 0 Å². The van der Waals surface area contributed by atoms with Gasteiger partial charge in [-0.1, -0.05) is 30.3 Å². The summed E-state index contributed by atoms with van der Waals surface area (Å²) in [5, 5.41) is 9.04. The van der Waals surface area contributed by atoms with E-state index in [1.807, 2.05) is 30.3 Å². The van der Waals surface area contributed by atoms with E-state index in [1.54, 1.807) is 0 Å². The second-order valence-electron chi connectivity index (χ2n) is 3.56. The van der Waals surface area contributed by atoms with Crippen molar-refractivity contribution >= 4 is 5.97 Å². The normalized spacial score (nSPS) is 18.2. The van der Waals surface area contributed by atoms with Crippen molar-refractivity contribution < 1.29 is 9.90 Å². The molecule has 1 fully saturated rings. The van der Waals surface area contributed by atoms with Gasteiger partial charge < -0.3 is 5.11 Å². The van der Waals surface area contributed by atoms with Gasteiger partial charge in [0.05, 0.1) is 5.92 Å². The van der Waals surface area contributed by atoms with Crippen molar-refractivity contribution in [1.29, 1.82) is 0 Å². The zero-order valence-electron chi connectivity index (χ0n) is 7.31. The Kier molecular flexibility index (Phi) is 2.05. The molecule has 1 aromatic rings. The van der Waals surface area contributed by atoms with Gasteiger partial charge in [0.15, 0.2) is 0 Å². The zero-order chi connectivity index (χ0) is 9.26. The molecule has 0 radical (unpaired) electrons. The SMILES string of the molecule is O=C(O)[C@@H](c1ccccc1)C1CC1. The van der Waals surface area contributed by atoms with E-state index in [4.69, 9.17) is 5.11 Å². The van der Waals surface area contributed by atoms with Gasteiger partial charge in [-0.3, -0.25) is 4.79 Å². The van der Waals surface area contributed by atoms with Gasteiger partial charge in [-0.05, 0) is 24.3 Å². The number of carboxylic acids is 1. The van der Waals surface area contributed by atoms with E-state index in [9.17, 15) is 4.79 Å².